The third kappa shape index (κ3) is 4.41. The van der Waals surface area contributed by atoms with Crippen molar-refractivity contribution in [3.05, 3.63) is 35.6 Å². The van der Waals surface area contributed by atoms with Gasteiger partial charge in [0.05, 0.1) is 18.8 Å². The average Bonchev–Trinajstić information content (AvgIpc) is 2.43. The van der Waals surface area contributed by atoms with E-state index in [1.54, 1.807) is 19.2 Å². The summed E-state index contributed by atoms with van der Waals surface area (Å²) >= 11 is 0. The van der Waals surface area contributed by atoms with Gasteiger partial charge in [-0.3, -0.25) is 0 Å². The predicted octanol–water partition coefficient (Wildman–Crippen LogP) is 1.58. The minimum absolute atomic E-state index is 0.165. The Morgan fingerprint density at radius 1 is 1.43 bits per heavy atom. The number of carbonyl (C=O) groups excluding carboxylic acids is 1. The first-order chi connectivity index (χ1) is 10.1. The van der Waals surface area contributed by atoms with Crippen LogP contribution in [-0.2, 0) is 4.74 Å². The Balaban J connectivity index is 1.99. The molecule has 2 rings (SSSR count). The third-order valence-corrected chi connectivity index (χ3v) is 3.73. The molecular formula is C15H21FN2O3. The number of benzene rings is 1. The summed E-state index contributed by atoms with van der Waals surface area (Å²) in [5, 5.41) is 15.1. The van der Waals surface area contributed by atoms with Crippen LogP contribution in [0.15, 0.2) is 24.3 Å². The molecule has 1 aromatic rings. The minimum Gasteiger partial charge on any atom is -0.393 e. The molecule has 6 heteroatoms. The fourth-order valence-corrected chi connectivity index (χ4v) is 2.50. The molecule has 21 heavy (non-hydrogen) atoms. The van der Waals surface area contributed by atoms with Gasteiger partial charge in [-0.1, -0.05) is 12.1 Å². The van der Waals surface area contributed by atoms with Gasteiger partial charge >= 0.3 is 6.03 Å². The van der Waals surface area contributed by atoms with Gasteiger partial charge in [0, 0.05) is 13.7 Å². The topological polar surface area (TPSA) is 70.6 Å². The second kappa shape index (κ2) is 7.38. The Morgan fingerprint density at radius 3 is 2.67 bits per heavy atom. The molecule has 0 bridgehead atoms. The highest BCUT2D eigenvalue weighted by Gasteiger charge is 2.35. The van der Waals surface area contributed by atoms with Crippen molar-refractivity contribution in [2.24, 2.45) is 5.92 Å². The van der Waals surface area contributed by atoms with E-state index in [-0.39, 0.29) is 29.9 Å². The van der Waals surface area contributed by atoms with Crippen molar-refractivity contribution in [2.45, 2.75) is 25.0 Å². The molecule has 3 N–H and O–H groups in total. The van der Waals surface area contributed by atoms with Gasteiger partial charge in [-0.05, 0) is 36.5 Å². The van der Waals surface area contributed by atoms with Crippen LogP contribution in [0.4, 0.5) is 9.18 Å². The summed E-state index contributed by atoms with van der Waals surface area (Å²) in [6, 6.07) is 5.57. The first kappa shape index (κ1) is 15.7. The zero-order valence-electron chi connectivity index (χ0n) is 12.0. The van der Waals surface area contributed by atoms with E-state index in [0.717, 1.165) is 5.56 Å². The van der Waals surface area contributed by atoms with Crippen molar-refractivity contribution >= 4 is 6.03 Å². The second-order valence-corrected chi connectivity index (χ2v) is 5.31. The van der Waals surface area contributed by atoms with Crippen molar-refractivity contribution in [3.8, 4) is 0 Å². The van der Waals surface area contributed by atoms with Crippen LogP contribution in [-0.4, -0.2) is 37.5 Å². The van der Waals surface area contributed by atoms with Crippen LogP contribution in [0.5, 0.6) is 0 Å². The van der Waals surface area contributed by atoms with E-state index in [1.165, 1.54) is 12.1 Å². The Hall–Kier alpha value is -1.66. The van der Waals surface area contributed by atoms with E-state index in [2.05, 4.69) is 10.6 Å². The summed E-state index contributed by atoms with van der Waals surface area (Å²) in [5.41, 5.74) is 0.843. The van der Waals surface area contributed by atoms with Crippen LogP contribution in [0.25, 0.3) is 0 Å². The molecule has 0 saturated heterocycles. The quantitative estimate of drug-likeness (QED) is 0.698. The number of nitrogens with one attached hydrogen (secondary N) is 2. The van der Waals surface area contributed by atoms with Crippen molar-refractivity contribution in [1.82, 2.24) is 10.6 Å². The Kier molecular flexibility index (Phi) is 5.52. The van der Waals surface area contributed by atoms with E-state index >= 15 is 0 Å². The number of halogens is 1. The number of carbonyl (C=O) groups is 1. The zero-order chi connectivity index (χ0) is 15.2. The van der Waals surface area contributed by atoms with Gasteiger partial charge < -0.3 is 20.5 Å². The normalized spacial score (nSPS) is 22.2. The first-order valence-corrected chi connectivity index (χ1v) is 7.07. The SMILES string of the molecule is COCCNC(=O)N[C@@H](c1ccc(F)cc1)C1CC(O)C1. The number of amides is 2. The van der Waals surface area contributed by atoms with E-state index in [1.807, 2.05) is 0 Å². The predicted molar refractivity (Wildman–Crippen MR) is 76.3 cm³/mol. The summed E-state index contributed by atoms with van der Waals surface area (Å²) in [5.74, 6) is -0.144. The number of hydrogen-bond donors (Lipinski definition) is 3. The Labute approximate surface area is 123 Å². The standard InChI is InChI=1S/C15H21FN2O3/c1-21-7-6-17-15(20)18-14(11-8-13(19)9-11)10-2-4-12(16)5-3-10/h2-5,11,13-14,19H,6-9H2,1H3,(H2,17,18,20)/t11?,13?,14-/m0/s1. The molecule has 2 amide bonds. The minimum atomic E-state index is -0.310. The number of urea groups is 1. The van der Waals surface area contributed by atoms with Crippen LogP contribution in [0.2, 0.25) is 0 Å². The molecule has 5 nitrogen and oxygen atoms in total. The van der Waals surface area contributed by atoms with Crippen molar-refractivity contribution in [1.29, 1.82) is 0 Å². The van der Waals surface area contributed by atoms with Crippen LogP contribution < -0.4 is 10.6 Å². The van der Waals surface area contributed by atoms with Gasteiger partial charge in [0.1, 0.15) is 5.82 Å². The van der Waals surface area contributed by atoms with Gasteiger partial charge in [0.15, 0.2) is 0 Å². The van der Waals surface area contributed by atoms with Crippen LogP contribution in [0, 0.1) is 11.7 Å². The molecule has 0 aliphatic heterocycles. The maximum atomic E-state index is 13.0. The highest BCUT2D eigenvalue weighted by molar-refractivity contribution is 5.74. The fraction of sp³-hybridized carbons (Fsp3) is 0.533. The largest absolute Gasteiger partial charge is 0.393 e. The molecule has 1 saturated carbocycles. The summed E-state index contributed by atoms with van der Waals surface area (Å²) in [6.07, 6.45) is 0.970. The maximum Gasteiger partial charge on any atom is 0.315 e. The molecular weight excluding hydrogens is 275 g/mol. The van der Waals surface area contributed by atoms with Crippen molar-refractivity contribution in [3.63, 3.8) is 0 Å². The lowest BCUT2D eigenvalue weighted by molar-refractivity contribution is 0.0259. The van der Waals surface area contributed by atoms with Crippen LogP contribution in [0.3, 0.4) is 0 Å². The highest BCUT2D eigenvalue weighted by atomic mass is 19.1. The molecule has 1 atom stereocenters. The fourth-order valence-electron chi connectivity index (χ4n) is 2.50. The van der Waals surface area contributed by atoms with Gasteiger partial charge in [-0.2, -0.15) is 0 Å². The third-order valence-electron chi connectivity index (χ3n) is 3.73. The molecule has 0 aromatic heterocycles. The number of aliphatic hydroxyl groups is 1. The van der Waals surface area contributed by atoms with Gasteiger partial charge in [-0.15, -0.1) is 0 Å². The van der Waals surface area contributed by atoms with Gasteiger partial charge in [0.2, 0.25) is 0 Å². The van der Waals surface area contributed by atoms with E-state index < -0.39 is 0 Å². The van der Waals surface area contributed by atoms with Crippen LogP contribution >= 0.6 is 0 Å². The molecule has 116 valence electrons. The molecule has 1 aliphatic carbocycles. The summed E-state index contributed by atoms with van der Waals surface area (Å²) < 4.78 is 17.9. The lowest BCUT2D eigenvalue weighted by Gasteiger charge is -2.38. The Bertz CT molecular complexity index is 460. The van der Waals surface area contributed by atoms with Crippen LogP contribution in [0.1, 0.15) is 24.4 Å². The smallest absolute Gasteiger partial charge is 0.315 e. The monoisotopic (exact) mass is 296 g/mol. The summed E-state index contributed by atoms with van der Waals surface area (Å²) in [7, 11) is 1.57. The number of hydrogen-bond acceptors (Lipinski definition) is 3. The summed E-state index contributed by atoms with van der Waals surface area (Å²) in [6.45, 7) is 0.864. The van der Waals surface area contributed by atoms with Gasteiger partial charge in [0.25, 0.3) is 0 Å². The van der Waals surface area contributed by atoms with E-state index in [0.29, 0.717) is 26.0 Å². The molecule has 1 aromatic carbocycles. The van der Waals surface area contributed by atoms with Gasteiger partial charge in [-0.25, -0.2) is 9.18 Å². The van der Waals surface area contributed by atoms with E-state index in [4.69, 9.17) is 4.74 Å². The second-order valence-electron chi connectivity index (χ2n) is 5.31. The maximum absolute atomic E-state index is 13.0. The molecule has 0 heterocycles. The zero-order valence-corrected chi connectivity index (χ0v) is 12.0. The molecule has 0 unspecified atom stereocenters. The first-order valence-electron chi connectivity index (χ1n) is 7.07. The lowest BCUT2D eigenvalue weighted by Crippen LogP contribution is -2.45. The van der Waals surface area contributed by atoms with Crippen molar-refractivity contribution < 1.29 is 19.0 Å². The number of aliphatic hydroxyl groups excluding tert-OH is 1. The van der Waals surface area contributed by atoms with Crippen molar-refractivity contribution in [2.75, 3.05) is 20.3 Å². The number of rotatable bonds is 6. The lowest BCUT2D eigenvalue weighted by atomic mass is 9.75. The molecule has 1 fully saturated rings. The average molecular weight is 296 g/mol. The number of ether oxygens (including phenoxy) is 1. The summed E-state index contributed by atoms with van der Waals surface area (Å²) in [4.78, 5) is 11.9. The highest BCUT2D eigenvalue weighted by Crippen LogP contribution is 2.38. The van der Waals surface area contributed by atoms with E-state index in [9.17, 15) is 14.3 Å². The Morgan fingerprint density at radius 2 is 2.10 bits per heavy atom. The molecule has 0 spiro atoms. The molecule has 1 aliphatic rings. The molecule has 0 radical (unpaired) electrons. The number of methoxy groups -OCH3 is 1.